The summed E-state index contributed by atoms with van der Waals surface area (Å²) >= 11 is 3.14. The molecule has 7 nitrogen and oxygen atoms in total. The zero-order valence-electron chi connectivity index (χ0n) is 14.2. The topological polar surface area (TPSA) is 97.0 Å². The molecule has 0 radical (unpaired) electrons. The van der Waals surface area contributed by atoms with Crippen molar-refractivity contribution in [1.82, 2.24) is 9.78 Å². The van der Waals surface area contributed by atoms with Crippen LogP contribution < -0.4 is 5.32 Å². The first kappa shape index (κ1) is 19.3. The van der Waals surface area contributed by atoms with Crippen molar-refractivity contribution < 1.29 is 18.7 Å². The Morgan fingerprint density at radius 1 is 1.25 bits per heavy atom. The normalized spacial score (nSPS) is 10.2. The molecule has 3 rings (SSSR count). The van der Waals surface area contributed by atoms with Crippen LogP contribution in [0.15, 0.2) is 59.2 Å². The Balaban J connectivity index is 1.72. The van der Waals surface area contributed by atoms with E-state index in [1.807, 2.05) is 12.1 Å². The average molecular weight is 443 g/mol. The maximum Gasteiger partial charge on any atom is 0.341 e. The zero-order valence-corrected chi connectivity index (χ0v) is 15.8. The SMILES string of the molecule is N#Cc1cnn(-c2ccccc2)c1NC(=O)COC(=O)c1cc(Br)ccc1F. The van der Waals surface area contributed by atoms with Gasteiger partial charge in [-0.1, -0.05) is 34.1 Å². The summed E-state index contributed by atoms with van der Waals surface area (Å²) in [6.07, 6.45) is 1.31. The monoisotopic (exact) mass is 442 g/mol. The standard InChI is InChI=1S/C19H12BrFN4O3/c20-13-6-7-16(21)15(8-13)19(27)28-11-17(26)24-18-12(9-22)10-23-25(18)14-4-2-1-3-5-14/h1-8,10H,11H2,(H,24,26). The number of aromatic nitrogens is 2. The number of halogens is 2. The van der Waals surface area contributed by atoms with Crippen molar-refractivity contribution in [2.24, 2.45) is 0 Å². The summed E-state index contributed by atoms with van der Waals surface area (Å²) in [7, 11) is 0. The minimum Gasteiger partial charge on any atom is -0.452 e. The molecule has 0 saturated carbocycles. The maximum absolute atomic E-state index is 13.7. The minimum absolute atomic E-state index is 0.140. The number of nitriles is 1. The van der Waals surface area contributed by atoms with Gasteiger partial charge in [-0.15, -0.1) is 0 Å². The van der Waals surface area contributed by atoms with Crippen molar-refractivity contribution >= 4 is 33.6 Å². The molecule has 0 aliphatic rings. The maximum atomic E-state index is 13.7. The molecule has 0 unspecified atom stereocenters. The number of carbonyl (C=O) groups is 2. The van der Waals surface area contributed by atoms with Crippen molar-refractivity contribution in [2.75, 3.05) is 11.9 Å². The molecule has 0 aliphatic carbocycles. The summed E-state index contributed by atoms with van der Waals surface area (Å²) < 4.78 is 20.5. The van der Waals surface area contributed by atoms with Gasteiger partial charge in [-0.2, -0.15) is 10.4 Å². The van der Waals surface area contributed by atoms with Gasteiger partial charge in [-0.25, -0.2) is 13.9 Å². The highest BCUT2D eigenvalue weighted by atomic mass is 79.9. The van der Waals surface area contributed by atoms with Gasteiger partial charge >= 0.3 is 5.97 Å². The molecular weight excluding hydrogens is 431 g/mol. The average Bonchev–Trinajstić information content (AvgIpc) is 3.11. The van der Waals surface area contributed by atoms with Crippen molar-refractivity contribution in [3.8, 4) is 11.8 Å². The van der Waals surface area contributed by atoms with Gasteiger partial charge in [-0.3, -0.25) is 4.79 Å². The Kier molecular flexibility index (Phi) is 5.81. The van der Waals surface area contributed by atoms with Crippen LogP contribution in [0.25, 0.3) is 5.69 Å². The van der Waals surface area contributed by atoms with E-state index in [1.54, 1.807) is 24.3 Å². The number of rotatable bonds is 5. The van der Waals surface area contributed by atoms with Crippen LogP contribution in [-0.4, -0.2) is 28.3 Å². The van der Waals surface area contributed by atoms with Gasteiger partial charge in [0.1, 0.15) is 17.4 Å². The molecule has 0 spiro atoms. The highest BCUT2D eigenvalue weighted by molar-refractivity contribution is 9.10. The van der Waals surface area contributed by atoms with E-state index in [-0.39, 0.29) is 16.9 Å². The summed E-state index contributed by atoms with van der Waals surface area (Å²) in [6, 6.07) is 14.6. The quantitative estimate of drug-likeness (QED) is 0.610. The first-order valence-corrected chi connectivity index (χ1v) is 8.74. The van der Waals surface area contributed by atoms with Crippen LogP contribution in [0.4, 0.5) is 10.2 Å². The molecule has 0 saturated heterocycles. The van der Waals surface area contributed by atoms with Crippen molar-refractivity contribution in [1.29, 1.82) is 5.26 Å². The highest BCUT2D eigenvalue weighted by Crippen LogP contribution is 2.20. The largest absolute Gasteiger partial charge is 0.452 e. The zero-order chi connectivity index (χ0) is 20.1. The van der Waals surface area contributed by atoms with E-state index in [1.165, 1.54) is 23.0 Å². The molecular formula is C19H12BrFN4O3. The number of benzene rings is 2. The van der Waals surface area contributed by atoms with Crippen molar-refractivity contribution in [2.45, 2.75) is 0 Å². The molecule has 1 heterocycles. The Morgan fingerprint density at radius 3 is 2.71 bits per heavy atom. The second-order valence-corrected chi connectivity index (χ2v) is 6.43. The van der Waals surface area contributed by atoms with E-state index >= 15 is 0 Å². The Labute approximate surface area is 167 Å². The number of carbonyl (C=O) groups excluding carboxylic acids is 2. The molecule has 0 aliphatic heterocycles. The summed E-state index contributed by atoms with van der Waals surface area (Å²) in [6.45, 7) is -0.657. The van der Waals surface area contributed by atoms with Gasteiger partial charge in [0.2, 0.25) is 0 Å². The molecule has 1 amide bonds. The van der Waals surface area contributed by atoms with E-state index in [9.17, 15) is 19.2 Å². The van der Waals surface area contributed by atoms with Gasteiger partial charge in [0.25, 0.3) is 5.91 Å². The van der Waals surface area contributed by atoms with Gasteiger partial charge < -0.3 is 10.1 Å². The van der Waals surface area contributed by atoms with E-state index in [0.29, 0.717) is 10.2 Å². The molecule has 0 bridgehead atoms. The van der Waals surface area contributed by atoms with E-state index in [4.69, 9.17) is 4.74 Å². The first-order chi connectivity index (χ1) is 13.5. The predicted molar refractivity (Wildman–Crippen MR) is 101 cm³/mol. The second kappa shape index (κ2) is 8.45. The van der Waals surface area contributed by atoms with E-state index in [0.717, 1.165) is 6.07 Å². The fourth-order valence-corrected chi connectivity index (χ4v) is 2.71. The number of esters is 1. The second-order valence-electron chi connectivity index (χ2n) is 5.51. The Morgan fingerprint density at radius 2 is 2.00 bits per heavy atom. The third kappa shape index (κ3) is 4.24. The fraction of sp³-hybridized carbons (Fsp3) is 0.0526. The first-order valence-electron chi connectivity index (χ1n) is 7.95. The molecule has 9 heteroatoms. The number of para-hydroxylation sites is 1. The Bertz CT molecular complexity index is 1080. The molecule has 140 valence electrons. The Hall–Kier alpha value is -3.51. The number of ether oxygens (including phenoxy) is 1. The van der Waals surface area contributed by atoms with E-state index in [2.05, 4.69) is 26.3 Å². The molecule has 1 N–H and O–H groups in total. The number of hydrogen-bond donors (Lipinski definition) is 1. The third-order valence-electron chi connectivity index (χ3n) is 3.63. The molecule has 0 fully saturated rings. The molecule has 2 aromatic carbocycles. The minimum atomic E-state index is -0.981. The van der Waals surface area contributed by atoms with Crippen LogP contribution in [0.3, 0.4) is 0 Å². The summed E-state index contributed by atoms with van der Waals surface area (Å²) in [5, 5.41) is 15.8. The summed E-state index contributed by atoms with van der Waals surface area (Å²) in [5.74, 6) is -2.30. The van der Waals surface area contributed by atoms with Gasteiger partial charge in [-0.05, 0) is 30.3 Å². The van der Waals surface area contributed by atoms with Crippen LogP contribution in [0, 0.1) is 17.1 Å². The van der Waals surface area contributed by atoms with Crippen molar-refractivity contribution in [3.63, 3.8) is 0 Å². The van der Waals surface area contributed by atoms with Crippen molar-refractivity contribution in [3.05, 3.63) is 76.1 Å². The summed E-state index contributed by atoms with van der Waals surface area (Å²) in [4.78, 5) is 24.2. The van der Waals surface area contributed by atoms with Crippen LogP contribution in [-0.2, 0) is 9.53 Å². The number of nitrogens with zero attached hydrogens (tertiary/aromatic N) is 3. The summed E-state index contributed by atoms with van der Waals surface area (Å²) in [5.41, 5.74) is 0.475. The molecule has 1 aromatic heterocycles. The lowest BCUT2D eigenvalue weighted by atomic mass is 10.2. The lowest BCUT2D eigenvalue weighted by Crippen LogP contribution is -2.23. The van der Waals surface area contributed by atoms with Gasteiger partial charge in [0.05, 0.1) is 17.4 Å². The van der Waals surface area contributed by atoms with Gasteiger partial charge in [0, 0.05) is 4.47 Å². The van der Waals surface area contributed by atoms with Gasteiger partial charge in [0.15, 0.2) is 12.4 Å². The van der Waals surface area contributed by atoms with Crippen LogP contribution >= 0.6 is 15.9 Å². The van der Waals surface area contributed by atoms with Crippen LogP contribution in [0.5, 0.6) is 0 Å². The predicted octanol–water partition coefficient (Wildman–Crippen LogP) is 3.44. The van der Waals surface area contributed by atoms with Crippen LogP contribution in [0.1, 0.15) is 15.9 Å². The number of anilines is 1. The molecule has 3 aromatic rings. The molecule has 0 atom stereocenters. The number of nitrogens with one attached hydrogen (secondary N) is 1. The van der Waals surface area contributed by atoms with Crippen LogP contribution in [0.2, 0.25) is 0 Å². The lowest BCUT2D eigenvalue weighted by molar-refractivity contribution is -0.119. The number of amides is 1. The third-order valence-corrected chi connectivity index (χ3v) is 4.12. The molecule has 28 heavy (non-hydrogen) atoms. The highest BCUT2D eigenvalue weighted by Gasteiger charge is 2.18. The van der Waals surface area contributed by atoms with E-state index < -0.39 is 24.3 Å². The number of hydrogen-bond acceptors (Lipinski definition) is 5. The lowest BCUT2D eigenvalue weighted by Gasteiger charge is -2.10. The fourth-order valence-electron chi connectivity index (χ4n) is 2.35. The smallest absolute Gasteiger partial charge is 0.341 e.